The van der Waals surface area contributed by atoms with E-state index in [-0.39, 0.29) is 19.0 Å². The first-order chi connectivity index (χ1) is 12.5. The molecule has 3 aromatic rings. The van der Waals surface area contributed by atoms with Crippen molar-refractivity contribution in [2.24, 2.45) is 0 Å². The Hall–Kier alpha value is -2.06. The second-order valence-electron chi connectivity index (χ2n) is 5.76. The normalized spacial score (nSPS) is 11.1. The number of carbonyl (C=O) groups excluding carboxylic acids is 1. The summed E-state index contributed by atoms with van der Waals surface area (Å²) in [5.74, 6) is 0.270. The Bertz CT molecular complexity index is 939. The molecule has 0 unspecified atom stereocenters. The lowest BCUT2D eigenvalue weighted by Gasteiger charge is -2.10. The molecule has 0 saturated carbocycles. The number of fused-ring (bicyclic) bond motifs is 1. The van der Waals surface area contributed by atoms with Crippen LogP contribution in [0.1, 0.15) is 22.5 Å². The predicted molar refractivity (Wildman–Crippen MR) is 104 cm³/mol. The van der Waals surface area contributed by atoms with Gasteiger partial charge in [-0.2, -0.15) is 4.98 Å². The molecule has 6 nitrogen and oxygen atoms in total. The van der Waals surface area contributed by atoms with Crippen molar-refractivity contribution >= 4 is 35.3 Å². The molecule has 2 aromatic heterocycles. The van der Waals surface area contributed by atoms with Crippen LogP contribution in [0.25, 0.3) is 5.78 Å². The molecule has 0 amide bonds. The number of benzene rings is 1. The molecule has 2 heterocycles. The summed E-state index contributed by atoms with van der Waals surface area (Å²) in [4.78, 5) is 22.3. The van der Waals surface area contributed by atoms with E-state index < -0.39 is 0 Å². The first-order valence-electron chi connectivity index (χ1n) is 8.07. The van der Waals surface area contributed by atoms with E-state index in [4.69, 9.17) is 4.74 Å². The minimum Gasteiger partial charge on any atom is -0.461 e. The fourth-order valence-corrected chi connectivity index (χ4v) is 3.36. The highest BCUT2D eigenvalue weighted by Crippen LogP contribution is 2.18. The molecule has 8 heteroatoms. The number of aryl methyl sites for hydroxylation is 2. The van der Waals surface area contributed by atoms with Crippen LogP contribution >= 0.6 is 23.5 Å². The van der Waals surface area contributed by atoms with Gasteiger partial charge in [0.15, 0.2) is 0 Å². The first kappa shape index (κ1) is 18.7. The van der Waals surface area contributed by atoms with Crippen LogP contribution in [0.4, 0.5) is 0 Å². The van der Waals surface area contributed by atoms with E-state index in [1.165, 1.54) is 16.7 Å². The molecule has 0 radical (unpaired) electrons. The third-order valence-electron chi connectivity index (χ3n) is 4.09. The van der Waals surface area contributed by atoms with E-state index in [1.54, 1.807) is 16.3 Å². The van der Waals surface area contributed by atoms with Crippen LogP contribution in [0.2, 0.25) is 0 Å². The molecule has 3 rings (SSSR count). The number of nitrogens with zero attached hydrogens (tertiary/aromatic N) is 4. The Kier molecular flexibility index (Phi) is 5.83. The Labute approximate surface area is 160 Å². The van der Waals surface area contributed by atoms with Gasteiger partial charge in [0.2, 0.25) is 5.16 Å². The van der Waals surface area contributed by atoms with E-state index in [0.29, 0.717) is 10.9 Å². The number of hydrogen-bond acceptors (Lipinski definition) is 7. The third kappa shape index (κ3) is 4.02. The largest absolute Gasteiger partial charge is 0.461 e. The molecular formula is C18H20N4O2S2. The van der Waals surface area contributed by atoms with Crippen LogP contribution in [-0.2, 0) is 22.6 Å². The highest BCUT2D eigenvalue weighted by atomic mass is 32.2. The van der Waals surface area contributed by atoms with Gasteiger partial charge in [0.25, 0.3) is 5.78 Å². The van der Waals surface area contributed by atoms with Gasteiger partial charge in [0.05, 0.1) is 6.42 Å². The van der Waals surface area contributed by atoms with E-state index in [2.05, 4.69) is 15.1 Å². The summed E-state index contributed by atoms with van der Waals surface area (Å²) in [6, 6.07) is 7.99. The zero-order chi connectivity index (χ0) is 18.7. The van der Waals surface area contributed by atoms with Crippen molar-refractivity contribution in [2.45, 2.75) is 36.9 Å². The van der Waals surface area contributed by atoms with Crippen LogP contribution in [0.3, 0.4) is 0 Å². The highest BCUT2D eigenvalue weighted by molar-refractivity contribution is 7.98. The van der Waals surface area contributed by atoms with Crippen molar-refractivity contribution in [3.05, 3.63) is 46.8 Å². The number of carbonyl (C=O) groups is 1. The maximum Gasteiger partial charge on any atom is 0.310 e. The summed E-state index contributed by atoms with van der Waals surface area (Å²) in [6.07, 6.45) is 4.11. The van der Waals surface area contributed by atoms with Crippen LogP contribution in [0.15, 0.2) is 34.3 Å². The van der Waals surface area contributed by atoms with Crippen LogP contribution in [-0.4, -0.2) is 38.1 Å². The molecule has 26 heavy (non-hydrogen) atoms. The molecule has 0 atom stereocenters. The maximum absolute atomic E-state index is 12.3. The Morgan fingerprint density at radius 1 is 1.12 bits per heavy atom. The molecule has 0 bridgehead atoms. The predicted octanol–water partition coefficient (Wildman–Crippen LogP) is 3.47. The van der Waals surface area contributed by atoms with Gasteiger partial charge < -0.3 is 4.74 Å². The summed E-state index contributed by atoms with van der Waals surface area (Å²) < 4.78 is 7.11. The monoisotopic (exact) mass is 388 g/mol. The molecule has 1 aromatic carbocycles. The number of rotatable bonds is 6. The van der Waals surface area contributed by atoms with Gasteiger partial charge >= 0.3 is 5.97 Å². The first-order valence-corrected chi connectivity index (χ1v) is 10.5. The Morgan fingerprint density at radius 3 is 2.50 bits per heavy atom. The standard InChI is InChI=1S/C18H20N4O2S2/c1-11-15(12(2)22-17(19-11)20-18(21-22)26-4)9-16(23)24-10-13-5-7-14(25-3)8-6-13/h5-8H,9-10H2,1-4H3. The van der Waals surface area contributed by atoms with Crippen LogP contribution < -0.4 is 0 Å². The lowest BCUT2D eigenvalue weighted by molar-refractivity contribution is -0.144. The second-order valence-corrected chi connectivity index (χ2v) is 7.41. The minimum atomic E-state index is -0.281. The van der Waals surface area contributed by atoms with Crippen molar-refractivity contribution in [2.75, 3.05) is 12.5 Å². The number of aromatic nitrogens is 4. The summed E-state index contributed by atoms with van der Waals surface area (Å²) in [5, 5.41) is 5.06. The minimum absolute atomic E-state index is 0.165. The fourth-order valence-electron chi connectivity index (χ4n) is 2.61. The van der Waals surface area contributed by atoms with Crippen molar-refractivity contribution in [3.8, 4) is 0 Å². The molecule has 136 valence electrons. The Balaban J connectivity index is 1.72. The van der Waals surface area contributed by atoms with Gasteiger partial charge in [-0.15, -0.1) is 16.9 Å². The van der Waals surface area contributed by atoms with Gasteiger partial charge in [-0.25, -0.2) is 9.50 Å². The zero-order valence-electron chi connectivity index (χ0n) is 15.1. The SMILES string of the molecule is CSc1ccc(COC(=O)Cc2c(C)nc3nc(SC)nn3c2C)cc1. The molecule has 0 saturated heterocycles. The third-order valence-corrected chi connectivity index (χ3v) is 5.37. The summed E-state index contributed by atoms with van der Waals surface area (Å²) in [5.41, 5.74) is 3.44. The number of esters is 1. The number of thioether (sulfide) groups is 2. The molecule has 0 N–H and O–H groups in total. The molecular weight excluding hydrogens is 368 g/mol. The van der Waals surface area contributed by atoms with Crippen molar-refractivity contribution in [3.63, 3.8) is 0 Å². The smallest absolute Gasteiger partial charge is 0.310 e. The molecule has 0 spiro atoms. The van der Waals surface area contributed by atoms with Crippen molar-refractivity contribution in [1.82, 2.24) is 19.6 Å². The van der Waals surface area contributed by atoms with E-state index in [1.807, 2.05) is 50.6 Å². The lowest BCUT2D eigenvalue weighted by Crippen LogP contribution is -2.13. The van der Waals surface area contributed by atoms with E-state index >= 15 is 0 Å². The quantitative estimate of drug-likeness (QED) is 0.473. The highest BCUT2D eigenvalue weighted by Gasteiger charge is 2.16. The molecule has 0 aliphatic rings. The molecule has 0 aliphatic carbocycles. The van der Waals surface area contributed by atoms with Gasteiger partial charge in [0.1, 0.15) is 6.61 Å². The summed E-state index contributed by atoms with van der Waals surface area (Å²) in [6.45, 7) is 4.07. The number of hydrogen-bond donors (Lipinski definition) is 0. The fraction of sp³-hybridized carbons (Fsp3) is 0.333. The van der Waals surface area contributed by atoms with E-state index in [9.17, 15) is 4.79 Å². The van der Waals surface area contributed by atoms with Crippen molar-refractivity contribution < 1.29 is 9.53 Å². The van der Waals surface area contributed by atoms with E-state index in [0.717, 1.165) is 22.5 Å². The van der Waals surface area contributed by atoms with Crippen LogP contribution in [0, 0.1) is 13.8 Å². The van der Waals surface area contributed by atoms with Gasteiger partial charge in [-0.05, 0) is 44.1 Å². The average molecular weight is 389 g/mol. The number of ether oxygens (including phenoxy) is 1. The molecule has 0 fully saturated rings. The summed E-state index contributed by atoms with van der Waals surface area (Å²) >= 11 is 3.14. The summed E-state index contributed by atoms with van der Waals surface area (Å²) in [7, 11) is 0. The lowest BCUT2D eigenvalue weighted by atomic mass is 10.1. The van der Waals surface area contributed by atoms with Gasteiger partial charge in [-0.1, -0.05) is 23.9 Å². The van der Waals surface area contributed by atoms with Crippen molar-refractivity contribution in [1.29, 1.82) is 0 Å². The van der Waals surface area contributed by atoms with Gasteiger partial charge in [-0.3, -0.25) is 4.79 Å². The second kappa shape index (κ2) is 8.09. The van der Waals surface area contributed by atoms with Crippen LogP contribution in [0.5, 0.6) is 0 Å². The van der Waals surface area contributed by atoms with Gasteiger partial charge in [0, 0.05) is 21.8 Å². The molecule has 0 aliphatic heterocycles. The maximum atomic E-state index is 12.3. The zero-order valence-corrected chi connectivity index (χ0v) is 16.8. The topological polar surface area (TPSA) is 69.4 Å². The Morgan fingerprint density at radius 2 is 1.85 bits per heavy atom. The average Bonchev–Trinajstić information content (AvgIpc) is 3.07.